The molecule has 0 saturated heterocycles. The van der Waals surface area contributed by atoms with E-state index in [9.17, 15) is 13.2 Å². The molecule has 0 aliphatic rings. The minimum absolute atomic E-state index is 0.198. The van der Waals surface area contributed by atoms with Gasteiger partial charge in [-0.15, -0.1) is 11.8 Å². The van der Waals surface area contributed by atoms with E-state index in [1.165, 1.54) is 17.8 Å². The summed E-state index contributed by atoms with van der Waals surface area (Å²) in [6.45, 7) is 6.39. The predicted octanol–water partition coefficient (Wildman–Crippen LogP) is 4.82. The lowest BCUT2D eigenvalue weighted by Gasteiger charge is -2.17. The molecular formula is C13H18F3NS. The molecule has 2 N–H and O–H groups in total. The number of hydrogen-bond donors (Lipinski definition) is 1. The molecule has 0 radical (unpaired) electrons. The van der Waals surface area contributed by atoms with Gasteiger partial charge in [0.15, 0.2) is 0 Å². The highest BCUT2D eigenvalue weighted by atomic mass is 32.2. The average Bonchev–Trinajstić information content (AvgIpc) is 2.17. The molecule has 1 rings (SSSR count). The van der Waals surface area contributed by atoms with Crippen LogP contribution in [0.4, 0.5) is 18.9 Å². The molecule has 0 heterocycles. The van der Waals surface area contributed by atoms with Gasteiger partial charge in [0.05, 0.1) is 5.56 Å². The van der Waals surface area contributed by atoms with Gasteiger partial charge in [0, 0.05) is 10.6 Å². The van der Waals surface area contributed by atoms with Crippen LogP contribution in [0.3, 0.4) is 0 Å². The molecule has 0 saturated carbocycles. The number of anilines is 1. The predicted molar refractivity (Wildman–Crippen MR) is 70.7 cm³/mol. The fourth-order valence-electron chi connectivity index (χ4n) is 1.32. The van der Waals surface area contributed by atoms with Crippen LogP contribution < -0.4 is 5.73 Å². The summed E-state index contributed by atoms with van der Waals surface area (Å²) in [4.78, 5) is 0.715. The van der Waals surface area contributed by atoms with Crippen molar-refractivity contribution in [1.82, 2.24) is 0 Å². The highest BCUT2D eigenvalue weighted by Gasteiger charge is 2.30. The van der Waals surface area contributed by atoms with Gasteiger partial charge in [0.1, 0.15) is 0 Å². The first-order valence-electron chi connectivity index (χ1n) is 5.69. The van der Waals surface area contributed by atoms with Gasteiger partial charge in [-0.05, 0) is 35.8 Å². The van der Waals surface area contributed by atoms with Crippen molar-refractivity contribution in [3.8, 4) is 0 Å². The SMILES string of the molecule is CC(C)(C)CCSc1ccc(C(F)(F)F)cc1N. The van der Waals surface area contributed by atoms with Crippen molar-refractivity contribution in [3.63, 3.8) is 0 Å². The highest BCUT2D eigenvalue weighted by molar-refractivity contribution is 7.99. The standard InChI is InChI=1S/C13H18F3NS/c1-12(2,3)6-7-18-11-5-4-9(8-10(11)17)13(14,15)16/h4-5,8H,6-7,17H2,1-3H3. The summed E-state index contributed by atoms with van der Waals surface area (Å²) >= 11 is 1.50. The molecule has 1 aromatic carbocycles. The minimum Gasteiger partial charge on any atom is -0.398 e. The maximum Gasteiger partial charge on any atom is 0.416 e. The number of hydrogen-bond acceptors (Lipinski definition) is 2. The van der Waals surface area contributed by atoms with Crippen LogP contribution in [0, 0.1) is 5.41 Å². The summed E-state index contributed by atoms with van der Waals surface area (Å²) < 4.78 is 37.3. The van der Waals surface area contributed by atoms with Crippen molar-refractivity contribution >= 4 is 17.4 Å². The fourth-order valence-corrected chi connectivity index (χ4v) is 2.65. The number of thioether (sulfide) groups is 1. The van der Waals surface area contributed by atoms with Gasteiger partial charge in [-0.1, -0.05) is 20.8 Å². The lowest BCUT2D eigenvalue weighted by atomic mass is 9.94. The van der Waals surface area contributed by atoms with Crippen molar-refractivity contribution in [2.24, 2.45) is 5.41 Å². The summed E-state index contributed by atoms with van der Waals surface area (Å²) in [5, 5.41) is 0. The van der Waals surface area contributed by atoms with Gasteiger partial charge in [0.2, 0.25) is 0 Å². The van der Waals surface area contributed by atoms with E-state index >= 15 is 0 Å². The Labute approximate surface area is 110 Å². The Bertz CT molecular complexity index is 408. The van der Waals surface area contributed by atoms with E-state index in [4.69, 9.17) is 5.73 Å². The number of nitrogens with two attached hydrogens (primary N) is 1. The van der Waals surface area contributed by atoms with Crippen LogP contribution in [0.1, 0.15) is 32.8 Å². The second kappa shape index (κ2) is 5.43. The Hall–Kier alpha value is -0.840. The van der Waals surface area contributed by atoms with Crippen LogP contribution >= 0.6 is 11.8 Å². The van der Waals surface area contributed by atoms with Crippen LogP contribution in [0.25, 0.3) is 0 Å². The van der Waals surface area contributed by atoms with E-state index in [0.717, 1.165) is 24.3 Å². The molecule has 0 aliphatic carbocycles. The summed E-state index contributed by atoms with van der Waals surface area (Å²) in [6, 6.07) is 3.53. The minimum atomic E-state index is -4.33. The second-order valence-electron chi connectivity index (χ2n) is 5.41. The third-order valence-electron chi connectivity index (χ3n) is 2.45. The summed E-state index contributed by atoms with van der Waals surface area (Å²) in [5.74, 6) is 0.846. The maximum atomic E-state index is 12.4. The lowest BCUT2D eigenvalue weighted by molar-refractivity contribution is -0.137. The van der Waals surface area contributed by atoms with Crippen LogP contribution in [-0.4, -0.2) is 5.75 Å². The van der Waals surface area contributed by atoms with Crippen LogP contribution in [0.2, 0.25) is 0 Å². The van der Waals surface area contributed by atoms with E-state index in [2.05, 4.69) is 20.8 Å². The monoisotopic (exact) mass is 277 g/mol. The zero-order valence-corrected chi connectivity index (χ0v) is 11.6. The zero-order valence-electron chi connectivity index (χ0n) is 10.8. The number of rotatable bonds is 3. The van der Waals surface area contributed by atoms with Gasteiger partial charge < -0.3 is 5.73 Å². The molecule has 1 aromatic rings. The first-order valence-corrected chi connectivity index (χ1v) is 6.68. The summed E-state index contributed by atoms with van der Waals surface area (Å²) in [7, 11) is 0. The van der Waals surface area contributed by atoms with E-state index in [0.29, 0.717) is 4.90 Å². The van der Waals surface area contributed by atoms with Crippen LogP contribution in [-0.2, 0) is 6.18 Å². The van der Waals surface area contributed by atoms with Gasteiger partial charge in [-0.3, -0.25) is 0 Å². The number of benzene rings is 1. The van der Waals surface area contributed by atoms with Gasteiger partial charge >= 0.3 is 6.18 Å². The number of nitrogen functional groups attached to an aromatic ring is 1. The molecule has 102 valence electrons. The smallest absolute Gasteiger partial charge is 0.398 e. The molecule has 0 bridgehead atoms. The Morgan fingerprint density at radius 1 is 1.17 bits per heavy atom. The summed E-state index contributed by atoms with van der Waals surface area (Å²) in [5.41, 5.74) is 5.37. The van der Waals surface area contributed by atoms with E-state index < -0.39 is 11.7 Å². The van der Waals surface area contributed by atoms with E-state index in [1.807, 2.05) is 0 Å². The normalized spacial score (nSPS) is 12.8. The van der Waals surface area contributed by atoms with Gasteiger partial charge in [0.25, 0.3) is 0 Å². The molecule has 0 amide bonds. The van der Waals surface area contributed by atoms with Gasteiger partial charge in [-0.25, -0.2) is 0 Å². The third kappa shape index (κ3) is 4.80. The fraction of sp³-hybridized carbons (Fsp3) is 0.538. The third-order valence-corrected chi connectivity index (χ3v) is 3.54. The molecule has 0 fully saturated rings. The number of alkyl halides is 3. The highest BCUT2D eigenvalue weighted by Crippen LogP contribution is 2.35. The van der Waals surface area contributed by atoms with E-state index in [1.54, 1.807) is 0 Å². The Morgan fingerprint density at radius 3 is 2.22 bits per heavy atom. The topological polar surface area (TPSA) is 26.0 Å². The van der Waals surface area contributed by atoms with Crippen molar-refractivity contribution in [1.29, 1.82) is 0 Å². The van der Waals surface area contributed by atoms with Crippen molar-refractivity contribution in [2.75, 3.05) is 11.5 Å². The van der Waals surface area contributed by atoms with Crippen molar-refractivity contribution in [2.45, 2.75) is 38.3 Å². The lowest BCUT2D eigenvalue weighted by Crippen LogP contribution is -2.07. The molecule has 0 atom stereocenters. The Kier molecular flexibility index (Phi) is 4.59. The van der Waals surface area contributed by atoms with Crippen molar-refractivity contribution < 1.29 is 13.2 Å². The van der Waals surface area contributed by atoms with Crippen LogP contribution in [0.5, 0.6) is 0 Å². The number of halogens is 3. The molecule has 0 unspecified atom stereocenters. The van der Waals surface area contributed by atoms with E-state index in [-0.39, 0.29) is 11.1 Å². The average molecular weight is 277 g/mol. The zero-order chi connectivity index (χ0) is 14.0. The van der Waals surface area contributed by atoms with Gasteiger partial charge in [-0.2, -0.15) is 13.2 Å². The first kappa shape index (κ1) is 15.2. The Balaban J connectivity index is 2.69. The molecule has 0 aromatic heterocycles. The molecule has 1 nitrogen and oxygen atoms in total. The maximum absolute atomic E-state index is 12.4. The molecule has 5 heteroatoms. The molecule has 18 heavy (non-hydrogen) atoms. The Morgan fingerprint density at radius 2 is 1.78 bits per heavy atom. The van der Waals surface area contributed by atoms with Crippen molar-refractivity contribution in [3.05, 3.63) is 23.8 Å². The molecular weight excluding hydrogens is 259 g/mol. The largest absolute Gasteiger partial charge is 0.416 e. The quantitative estimate of drug-likeness (QED) is 0.633. The molecule has 0 aliphatic heterocycles. The first-order chi connectivity index (χ1) is 8.09. The summed E-state index contributed by atoms with van der Waals surface area (Å²) in [6.07, 6.45) is -3.35. The second-order valence-corrected chi connectivity index (χ2v) is 6.55. The van der Waals surface area contributed by atoms with Crippen LogP contribution in [0.15, 0.2) is 23.1 Å². The molecule has 0 spiro atoms.